The molecule has 0 bridgehead atoms. The number of nitrogens with zero attached hydrogens (tertiary/aromatic N) is 2. The SMILES string of the molecule is Cc1c(C)c(C)c(S(=O)(=O)N2CCN(C(=O)C(C)(C)C)CC2)c(C)c1C. The van der Waals surface area contributed by atoms with Crippen molar-refractivity contribution >= 4 is 15.9 Å². The van der Waals surface area contributed by atoms with Gasteiger partial charge in [-0.05, 0) is 62.4 Å². The predicted molar refractivity (Wildman–Crippen MR) is 105 cm³/mol. The normalized spacial score (nSPS) is 16.8. The summed E-state index contributed by atoms with van der Waals surface area (Å²) in [5.41, 5.74) is 4.44. The van der Waals surface area contributed by atoms with Crippen LogP contribution in [0.25, 0.3) is 0 Å². The quantitative estimate of drug-likeness (QED) is 0.792. The van der Waals surface area contributed by atoms with Crippen LogP contribution in [-0.2, 0) is 14.8 Å². The van der Waals surface area contributed by atoms with Crippen molar-refractivity contribution in [3.8, 4) is 0 Å². The number of benzene rings is 1. The van der Waals surface area contributed by atoms with Gasteiger partial charge in [-0.2, -0.15) is 4.31 Å². The van der Waals surface area contributed by atoms with Crippen LogP contribution in [0.3, 0.4) is 0 Å². The number of piperazine rings is 1. The highest BCUT2D eigenvalue weighted by molar-refractivity contribution is 7.89. The molecule has 0 radical (unpaired) electrons. The summed E-state index contributed by atoms with van der Waals surface area (Å²) in [7, 11) is -3.57. The number of carbonyl (C=O) groups excluding carboxylic acids is 1. The molecule has 0 aliphatic carbocycles. The van der Waals surface area contributed by atoms with E-state index in [1.807, 2.05) is 55.4 Å². The molecule has 0 spiro atoms. The summed E-state index contributed by atoms with van der Waals surface area (Å²) in [5, 5.41) is 0. The standard InChI is InChI=1S/C20H32N2O3S/c1-13-14(2)16(4)18(17(5)15(13)3)26(24,25)22-11-9-21(10-12-22)19(23)20(6,7)8/h9-12H2,1-8H3. The molecule has 2 rings (SSSR count). The van der Waals surface area contributed by atoms with Crippen LogP contribution < -0.4 is 0 Å². The molecule has 1 fully saturated rings. The van der Waals surface area contributed by atoms with Gasteiger partial charge in [0.15, 0.2) is 0 Å². The summed E-state index contributed by atoms with van der Waals surface area (Å²) in [6, 6.07) is 0. The lowest BCUT2D eigenvalue weighted by atomic mass is 9.94. The van der Waals surface area contributed by atoms with E-state index in [0.29, 0.717) is 31.1 Å². The molecule has 5 nitrogen and oxygen atoms in total. The molecule has 0 saturated carbocycles. The van der Waals surface area contributed by atoms with Crippen molar-refractivity contribution in [3.63, 3.8) is 0 Å². The second kappa shape index (κ2) is 6.97. The molecule has 1 aliphatic rings. The number of rotatable bonds is 2. The second-order valence-electron chi connectivity index (χ2n) is 8.40. The van der Waals surface area contributed by atoms with E-state index in [0.717, 1.165) is 27.8 Å². The third kappa shape index (κ3) is 3.54. The van der Waals surface area contributed by atoms with Crippen molar-refractivity contribution in [2.24, 2.45) is 5.41 Å². The van der Waals surface area contributed by atoms with Crippen molar-refractivity contribution in [1.29, 1.82) is 0 Å². The molecular weight excluding hydrogens is 348 g/mol. The molecule has 26 heavy (non-hydrogen) atoms. The minimum absolute atomic E-state index is 0.0731. The number of hydrogen-bond donors (Lipinski definition) is 0. The average molecular weight is 381 g/mol. The average Bonchev–Trinajstić information content (AvgIpc) is 2.56. The van der Waals surface area contributed by atoms with Crippen molar-refractivity contribution in [3.05, 3.63) is 27.8 Å². The Hall–Kier alpha value is -1.40. The monoisotopic (exact) mass is 380 g/mol. The lowest BCUT2D eigenvalue weighted by Crippen LogP contribution is -2.53. The van der Waals surface area contributed by atoms with Crippen LogP contribution in [0.5, 0.6) is 0 Å². The van der Waals surface area contributed by atoms with Crippen LogP contribution >= 0.6 is 0 Å². The van der Waals surface area contributed by atoms with E-state index in [2.05, 4.69) is 0 Å². The first-order chi connectivity index (χ1) is 11.8. The molecule has 0 unspecified atom stereocenters. The molecular formula is C20H32N2O3S. The van der Waals surface area contributed by atoms with Crippen LogP contribution in [0.4, 0.5) is 0 Å². The van der Waals surface area contributed by atoms with Gasteiger partial charge in [0.2, 0.25) is 15.9 Å². The molecule has 0 aromatic heterocycles. The Kier molecular flexibility index (Phi) is 5.60. The van der Waals surface area contributed by atoms with Gasteiger partial charge in [-0.15, -0.1) is 0 Å². The second-order valence-corrected chi connectivity index (χ2v) is 10.3. The zero-order chi connectivity index (χ0) is 20.0. The van der Waals surface area contributed by atoms with E-state index in [4.69, 9.17) is 0 Å². The summed E-state index contributed by atoms with van der Waals surface area (Å²) in [6.07, 6.45) is 0. The molecule has 1 saturated heterocycles. The summed E-state index contributed by atoms with van der Waals surface area (Å²) >= 11 is 0. The van der Waals surface area contributed by atoms with Crippen LogP contribution in [-0.4, -0.2) is 49.7 Å². The number of amides is 1. The molecule has 1 aromatic rings. The van der Waals surface area contributed by atoms with Crippen molar-refractivity contribution in [1.82, 2.24) is 9.21 Å². The van der Waals surface area contributed by atoms with Gasteiger partial charge in [0.25, 0.3) is 0 Å². The fraction of sp³-hybridized carbons (Fsp3) is 0.650. The van der Waals surface area contributed by atoms with Gasteiger partial charge < -0.3 is 4.90 Å². The summed E-state index contributed by atoms with van der Waals surface area (Å²) in [6.45, 7) is 17.0. The van der Waals surface area contributed by atoms with Crippen LogP contribution in [0.15, 0.2) is 4.90 Å². The van der Waals surface area contributed by atoms with Gasteiger partial charge in [-0.1, -0.05) is 20.8 Å². The Morgan fingerprint density at radius 2 is 1.15 bits per heavy atom. The topological polar surface area (TPSA) is 57.7 Å². The first-order valence-electron chi connectivity index (χ1n) is 9.16. The van der Waals surface area contributed by atoms with E-state index in [-0.39, 0.29) is 5.91 Å². The Bertz CT molecular complexity index is 799. The van der Waals surface area contributed by atoms with E-state index >= 15 is 0 Å². The lowest BCUT2D eigenvalue weighted by Gasteiger charge is -2.37. The maximum absolute atomic E-state index is 13.3. The molecule has 0 N–H and O–H groups in total. The van der Waals surface area contributed by atoms with Gasteiger partial charge >= 0.3 is 0 Å². The van der Waals surface area contributed by atoms with Crippen molar-refractivity contribution in [2.45, 2.75) is 60.3 Å². The zero-order valence-corrected chi connectivity index (χ0v) is 18.2. The molecule has 146 valence electrons. The van der Waals surface area contributed by atoms with E-state index in [1.54, 1.807) is 4.90 Å². The first kappa shape index (κ1) is 20.9. The predicted octanol–water partition coefficient (Wildman–Crippen LogP) is 3.11. The van der Waals surface area contributed by atoms with Gasteiger partial charge in [-0.3, -0.25) is 4.79 Å². The molecule has 6 heteroatoms. The highest BCUT2D eigenvalue weighted by Crippen LogP contribution is 2.32. The smallest absolute Gasteiger partial charge is 0.243 e. The summed E-state index contributed by atoms with van der Waals surface area (Å²) in [4.78, 5) is 14.7. The van der Waals surface area contributed by atoms with Crippen LogP contribution in [0.1, 0.15) is 48.6 Å². The van der Waals surface area contributed by atoms with Crippen molar-refractivity contribution < 1.29 is 13.2 Å². The Balaban J connectivity index is 2.33. The third-order valence-electron chi connectivity index (χ3n) is 5.70. The van der Waals surface area contributed by atoms with Gasteiger partial charge in [-0.25, -0.2) is 8.42 Å². The molecule has 1 aliphatic heterocycles. The summed E-state index contributed by atoms with van der Waals surface area (Å²) < 4.78 is 28.2. The molecule has 0 atom stereocenters. The first-order valence-corrected chi connectivity index (χ1v) is 10.6. The van der Waals surface area contributed by atoms with Gasteiger partial charge in [0.1, 0.15) is 0 Å². The van der Waals surface area contributed by atoms with Crippen molar-refractivity contribution in [2.75, 3.05) is 26.2 Å². The highest BCUT2D eigenvalue weighted by atomic mass is 32.2. The minimum atomic E-state index is -3.57. The van der Waals surface area contributed by atoms with Crippen LogP contribution in [0.2, 0.25) is 0 Å². The fourth-order valence-electron chi connectivity index (χ4n) is 3.59. The minimum Gasteiger partial charge on any atom is -0.340 e. The third-order valence-corrected chi connectivity index (χ3v) is 7.87. The van der Waals surface area contributed by atoms with E-state index in [9.17, 15) is 13.2 Å². The fourth-order valence-corrected chi connectivity index (χ4v) is 5.57. The zero-order valence-electron chi connectivity index (χ0n) is 17.4. The maximum Gasteiger partial charge on any atom is 0.243 e. The lowest BCUT2D eigenvalue weighted by molar-refractivity contribution is -0.140. The van der Waals surface area contributed by atoms with E-state index < -0.39 is 15.4 Å². The Labute approximate surface area is 158 Å². The number of hydrogen-bond acceptors (Lipinski definition) is 3. The molecule has 1 heterocycles. The Morgan fingerprint density at radius 1 is 0.769 bits per heavy atom. The maximum atomic E-state index is 13.3. The van der Waals surface area contributed by atoms with Gasteiger partial charge in [0, 0.05) is 31.6 Å². The number of carbonyl (C=O) groups is 1. The number of sulfonamides is 1. The summed E-state index contributed by atoms with van der Waals surface area (Å²) in [5.74, 6) is 0.0731. The molecule has 1 aromatic carbocycles. The highest BCUT2D eigenvalue weighted by Gasteiger charge is 2.35. The Morgan fingerprint density at radius 3 is 1.54 bits per heavy atom. The van der Waals surface area contributed by atoms with E-state index in [1.165, 1.54) is 4.31 Å². The molecule has 1 amide bonds. The van der Waals surface area contributed by atoms with Crippen LogP contribution in [0, 0.1) is 40.0 Å². The van der Waals surface area contributed by atoms with Gasteiger partial charge in [0.05, 0.1) is 4.90 Å². The largest absolute Gasteiger partial charge is 0.340 e.